The summed E-state index contributed by atoms with van der Waals surface area (Å²) >= 11 is 0. The second-order valence-electron chi connectivity index (χ2n) is 10.6. The maximum Gasteiger partial charge on any atom is 0.155 e. The normalized spacial score (nSPS) is 11.5. The molecule has 0 unspecified atom stereocenters. The van der Waals surface area contributed by atoms with Gasteiger partial charge in [0.15, 0.2) is 5.78 Å². The molecular formula is C38H28IrN3O2-. The number of carbonyl (C=O) groups excluding carboxylic acids is 1. The van der Waals surface area contributed by atoms with E-state index in [1.807, 2.05) is 6.20 Å². The minimum absolute atomic E-state index is 0. The predicted molar refractivity (Wildman–Crippen MR) is 176 cm³/mol. The van der Waals surface area contributed by atoms with Gasteiger partial charge in [0.25, 0.3) is 0 Å². The van der Waals surface area contributed by atoms with E-state index in [9.17, 15) is 4.79 Å². The first-order valence-corrected chi connectivity index (χ1v) is 14.2. The molecule has 44 heavy (non-hydrogen) atoms. The van der Waals surface area contributed by atoms with Crippen LogP contribution in [0.5, 0.6) is 0 Å². The van der Waals surface area contributed by atoms with Crippen molar-refractivity contribution in [3.63, 3.8) is 0 Å². The van der Waals surface area contributed by atoms with Crippen LogP contribution in [0.25, 0.3) is 65.9 Å². The molecule has 8 rings (SSSR count). The van der Waals surface area contributed by atoms with Crippen molar-refractivity contribution in [1.82, 2.24) is 14.1 Å². The third-order valence-corrected chi connectivity index (χ3v) is 7.65. The molecule has 8 aromatic rings. The van der Waals surface area contributed by atoms with Crippen molar-refractivity contribution in [3.8, 4) is 11.4 Å². The van der Waals surface area contributed by atoms with Crippen molar-refractivity contribution in [2.45, 2.75) is 13.8 Å². The molecule has 5 aromatic carbocycles. The summed E-state index contributed by atoms with van der Waals surface area (Å²) in [6.07, 6.45) is 3.10. The van der Waals surface area contributed by atoms with Crippen molar-refractivity contribution >= 4 is 60.3 Å². The first-order valence-electron chi connectivity index (χ1n) is 14.2. The summed E-state index contributed by atoms with van der Waals surface area (Å²) in [6.45, 7) is 2.85. The Balaban J connectivity index is 0.000000388. The van der Waals surface area contributed by atoms with Gasteiger partial charge < -0.3 is 19.2 Å². The van der Waals surface area contributed by atoms with E-state index in [4.69, 9.17) is 10.1 Å². The Bertz CT molecular complexity index is 2330. The summed E-state index contributed by atoms with van der Waals surface area (Å²) in [7, 11) is 0. The van der Waals surface area contributed by atoms with Crippen LogP contribution < -0.4 is 0 Å². The number of fused-ring (bicyclic) bond motifs is 4. The fraction of sp³-hybridized carbons (Fsp3) is 0.0526. The van der Waals surface area contributed by atoms with E-state index in [1.165, 1.54) is 36.2 Å². The monoisotopic (exact) mass is 751 g/mol. The van der Waals surface area contributed by atoms with Crippen LogP contribution in [0.1, 0.15) is 13.8 Å². The molecule has 5 nitrogen and oxygen atoms in total. The number of aliphatic hydroxyl groups is 1. The Labute approximate surface area is 268 Å². The van der Waals surface area contributed by atoms with Gasteiger partial charge in [0.1, 0.15) is 0 Å². The van der Waals surface area contributed by atoms with Crippen LogP contribution in [0.15, 0.2) is 133 Å². The third kappa shape index (κ3) is 4.88. The molecule has 0 aliphatic rings. The quantitative estimate of drug-likeness (QED) is 0.111. The molecule has 1 radical (unpaired) electrons. The first-order chi connectivity index (χ1) is 21.0. The van der Waals surface area contributed by atoms with Gasteiger partial charge in [-0.25, -0.2) is 0 Å². The number of nitrogens with zero attached hydrogens (tertiary/aromatic N) is 3. The topological polar surface area (TPSA) is 60.0 Å². The van der Waals surface area contributed by atoms with Gasteiger partial charge >= 0.3 is 0 Å². The molecule has 0 spiro atoms. The van der Waals surface area contributed by atoms with Gasteiger partial charge in [0.2, 0.25) is 0 Å². The molecule has 1 N–H and O–H groups in total. The second kappa shape index (κ2) is 11.9. The predicted octanol–water partition coefficient (Wildman–Crippen LogP) is 9.26. The molecule has 0 saturated carbocycles. The number of aliphatic hydroxyl groups excluding tert-OH is 1. The molecule has 0 bridgehead atoms. The van der Waals surface area contributed by atoms with Gasteiger partial charge in [-0.3, -0.25) is 4.79 Å². The van der Waals surface area contributed by atoms with Crippen molar-refractivity contribution in [2.24, 2.45) is 0 Å². The average molecular weight is 751 g/mol. The standard InChI is InChI=1S/C33H20N3.C5H8O2.Ir/c1-3-11-23(12-4-1)35-27-16-9-17-28-30(27)31-29(35)20-21-34-32(31)26-19-18-22-10-7-8-15-25(22)33(26)36(28)24-13-5-2-6-14-24;1-4(6)3-5(2)7;/h1-18,20-21H;3,6H,1-2H3;/q-1;;/b;4-3-;. The fourth-order valence-electron chi connectivity index (χ4n) is 6.08. The third-order valence-electron chi connectivity index (χ3n) is 7.65. The first kappa shape index (κ1) is 29.1. The van der Waals surface area contributed by atoms with E-state index in [0.717, 1.165) is 49.6 Å². The van der Waals surface area contributed by atoms with Gasteiger partial charge in [0.05, 0.1) is 11.3 Å². The number of benzene rings is 5. The Morgan fingerprint density at radius 1 is 0.727 bits per heavy atom. The van der Waals surface area contributed by atoms with Crippen LogP contribution in [0, 0.1) is 6.07 Å². The summed E-state index contributed by atoms with van der Waals surface area (Å²) in [6, 6.07) is 44.3. The number of para-hydroxylation sites is 2. The number of hydrogen-bond donors (Lipinski definition) is 1. The van der Waals surface area contributed by atoms with E-state index >= 15 is 0 Å². The molecule has 3 heterocycles. The SMILES string of the molecule is CC(=O)/C=C(/C)O.[Ir].[c-]1cc2ccccc2c2c1c1nccc3c1c1c(cccc1n2-c1ccccc1)n3-c1ccccc1. The fourth-order valence-corrected chi connectivity index (χ4v) is 6.08. The maximum absolute atomic E-state index is 10.0. The summed E-state index contributed by atoms with van der Waals surface area (Å²) in [5, 5.41) is 14.1. The minimum Gasteiger partial charge on any atom is -0.512 e. The largest absolute Gasteiger partial charge is 0.512 e. The summed E-state index contributed by atoms with van der Waals surface area (Å²) in [5.74, 6) is -0.0625. The molecule has 0 amide bonds. The van der Waals surface area contributed by atoms with Crippen molar-refractivity contribution in [3.05, 3.63) is 139 Å². The molecule has 3 aromatic heterocycles. The molecular weight excluding hydrogens is 723 g/mol. The zero-order valence-corrected chi connectivity index (χ0v) is 26.5. The van der Waals surface area contributed by atoms with Crippen LogP contribution in [-0.4, -0.2) is 25.0 Å². The molecule has 0 fully saturated rings. The molecule has 0 aliphatic carbocycles. The molecule has 0 atom stereocenters. The average Bonchev–Trinajstić information content (AvgIpc) is 3.30. The number of rotatable bonds is 3. The number of carbonyl (C=O) groups is 1. The summed E-state index contributed by atoms with van der Waals surface area (Å²) in [5.41, 5.74) is 7.81. The maximum atomic E-state index is 10.0. The van der Waals surface area contributed by atoms with Gasteiger partial charge in [-0.1, -0.05) is 77.5 Å². The second-order valence-corrected chi connectivity index (χ2v) is 10.6. The number of hydrogen-bond acceptors (Lipinski definition) is 3. The van der Waals surface area contributed by atoms with Crippen LogP contribution >= 0.6 is 0 Å². The summed E-state index contributed by atoms with van der Waals surface area (Å²) in [4.78, 5) is 15.0. The van der Waals surface area contributed by atoms with E-state index in [1.54, 1.807) is 0 Å². The van der Waals surface area contributed by atoms with E-state index in [-0.39, 0.29) is 31.6 Å². The molecule has 217 valence electrons. The zero-order chi connectivity index (χ0) is 29.5. The van der Waals surface area contributed by atoms with Crippen molar-refractivity contribution in [1.29, 1.82) is 0 Å². The van der Waals surface area contributed by atoms with Crippen LogP contribution in [0.2, 0.25) is 0 Å². The van der Waals surface area contributed by atoms with Gasteiger partial charge in [-0.2, -0.15) is 0 Å². The number of aromatic nitrogens is 3. The Morgan fingerprint density at radius 3 is 1.95 bits per heavy atom. The van der Waals surface area contributed by atoms with Gasteiger partial charge in [0, 0.05) is 65.7 Å². The van der Waals surface area contributed by atoms with Crippen molar-refractivity contribution in [2.75, 3.05) is 0 Å². The number of pyridine rings is 1. The zero-order valence-electron chi connectivity index (χ0n) is 24.2. The molecule has 6 heteroatoms. The minimum atomic E-state index is -0.125. The van der Waals surface area contributed by atoms with E-state index in [2.05, 4.69) is 130 Å². The van der Waals surface area contributed by atoms with Gasteiger partial charge in [-0.15, -0.1) is 17.5 Å². The Morgan fingerprint density at radius 2 is 1.32 bits per heavy atom. The number of ketones is 1. The Hall–Kier alpha value is -5.03. The van der Waals surface area contributed by atoms with Crippen LogP contribution in [0.3, 0.4) is 0 Å². The van der Waals surface area contributed by atoms with E-state index < -0.39 is 0 Å². The van der Waals surface area contributed by atoms with Crippen LogP contribution in [0.4, 0.5) is 0 Å². The Kier molecular flexibility index (Phi) is 7.88. The van der Waals surface area contributed by atoms with Crippen molar-refractivity contribution < 1.29 is 30.0 Å². The smallest absolute Gasteiger partial charge is 0.155 e. The summed E-state index contributed by atoms with van der Waals surface area (Å²) < 4.78 is 4.75. The van der Waals surface area contributed by atoms with Crippen LogP contribution in [-0.2, 0) is 24.9 Å². The van der Waals surface area contributed by atoms with E-state index in [0.29, 0.717) is 0 Å². The number of allylic oxidation sites excluding steroid dienone is 2. The molecule has 0 aliphatic heterocycles. The molecule has 0 saturated heterocycles. The van der Waals surface area contributed by atoms with Gasteiger partial charge in [-0.05, 0) is 67.2 Å².